The third-order valence-corrected chi connectivity index (χ3v) is 1.63. The predicted molar refractivity (Wildman–Crippen MR) is 33.4 cm³/mol. The minimum absolute atomic E-state index is 0.782. The summed E-state index contributed by atoms with van der Waals surface area (Å²) < 4.78 is 71.2. The summed E-state index contributed by atoms with van der Waals surface area (Å²) in [6.45, 7) is -0.853. The zero-order valence-corrected chi connectivity index (χ0v) is 6.78. The molecule has 2 N–H and O–H groups in total. The lowest BCUT2D eigenvalue weighted by molar-refractivity contribution is -0.370. The van der Waals surface area contributed by atoms with Crippen LogP contribution in [0.3, 0.4) is 0 Å². The van der Waals surface area contributed by atoms with E-state index in [1.54, 1.807) is 0 Å². The zero-order chi connectivity index (χ0) is 11.6. The van der Waals surface area contributed by atoms with E-state index in [-0.39, 0.29) is 0 Å². The molecule has 14 heavy (non-hydrogen) atoms. The van der Waals surface area contributed by atoms with Crippen molar-refractivity contribution >= 4 is 0 Å². The molecule has 0 saturated carbocycles. The van der Waals surface area contributed by atoms with E-state index in [0.29, 0.717) is 0 Å². The third kappa shape index (κ3) is 2.50. The molecule has 0 amide bonds. The third-order valence-electron chi connectivity index (χ3n) is 1.63. The van der Waals surface area contributed by atoms with Gasteiger partial charge in [-0.15, -0.1) is 0 Å². The van der Waals surface area contributed by atoms with Gasteiger partial charge in [0.15, 0.2) is 0 Å². The summed E-state index contributed by atoms with van der Waals surface area (Å²) in [6.07, 6.45) is -14.0. The second-order valence-corrected chi connectivity index (χ2v) is 2.68. The quantitative estimate of drug-likeness (QED) is 0.718. The fraction of sp³-hybridized carbons (Fsp3) is 1.00. The minimum Gasteiger partial charge on any atom is -0.396 e. The molecule has 0 radical (unpaired) electrons. The second-order valence-electron chi connectivity index (χ2n) is 2.68. The van der Waals surface area contributed by atoms with Crippen LogP contribution < -0.4 is 0 Å². The molecule has 8 heteroatoms. The summed E-state index contributed by atoms with van der Waals surface area (Å²) in [5.41, 5.74) is -4.73. The molecule has 0 fully saturated rings. The lowest BCUT2D eigenvalue weighted by Gasteiger charge is -2.32. The van der Waals surface area contributed by atoms with Gasteiger partial charge >= 0.3 is 12.4 Å². The average Bonchev–Trinajstić information content (AvgIpc) is 1.95. The smallest absolute Gasteiger partial charge is 0.396 e. The number of halogens is 6. The minimum atomic E-state index is -5.79. The molecule has 0 saturated heterocycles. The van der Waals surface area contributed by atoms with E-state index < -0.39 is 37.4 Å². The van der Waals surface area contributed by atoms with Gasteiger partial charge in [0.05, 0.1) is 0 Å². The highest BCUT2D eigenvalue weighted by molar-refractivity contribution is 4.93. The molecule has 0 aliphatic heterocycles. The molecule has 0 aliphatic carbocycles. The van der Waals surface area contributed by atoms with Crippen molar-refractivity contribution in [1.29, 1.82) is 0 Å². The number of aliphatic hydroxyl groups excluding tert-OH is 1. The average molecular weight is 226 g/mol. The van der Waals surface area contributed by atoms with Crippen LogP contribution in [0.5, 0.6) is 0 Å². The van der Waals surface area contributed by atoms with Crippen molar-refractivity contribution in [3.8, 4) is 0 Å². The maximum Gasteiger partial charge on any atom is 0.426 e. The van der Waals surface area contributed by atoms with E-state index in [4.69, 9.17) is 10.2 Å². The van der Waals surface area contributed by atoms with Gasteiger partial charge in [0.1, 0.15) is 0 Å². The van der Waals surface area contributed by atoms with Crippen LogP contribution in [0.2, 0.25) is 0 Å². The van der Waals surface area contributed by atoms with E-state index in [9.17, 15) is 26.3 Å². The first-order valence-corrected chi connectivity index (χ1v) is 3.53. The Bertz CT molecular complexity index is 170. The zero-order valence-electron chi connectivity index (χ0n) is 6.78. The van der Waals surface area contributed by atoms with E-state index in [1.165, 1.54) is 0 Å². The highest BCUT2D eigenvalue weighted by Gasteiger charge is 2.69. The molecule has 0 rings (SSSR count). The summed E-state index contributed by atoms with van der Waals surface area (Å²) in [5, 5.41) is 16.6. The van der Waals surface area contributed by atoms with Crippen LogP contribution in [0.15, 0.2) is 0 Å². The monoisotopic (exact) mass is 226 g/mol. The molecule has 0 atom stereocenters. The molecule has 0 aromatic rings. The van der Waals surface area contributed by atoms with Gasteiger partial charge in [-0.3, -0.25) is 0 Å². The first-order chi connectivity index (χ1) is 6.06. The topological polar surface area (TPSA) is 40.5 Å². The van der Waals surface area contributed by atoms with Gasteiger partial charge in [-0.25, -0.2) is 0 Å². The van der Waals surface area contributed by atoms with Crippen molar-refractivity contribution in [2.24, 2.45) is 0 Å². The molecular weight excluding hydrogens is 218 g/mol. The molecule has 0 aliphatic rings. The molecular formula is C6H8F6O2. The van der Waals surface area contributed by atoms with Crippen molar-refractivity contribution < 1.29 is 36.6 Å². The van der Waals surface area contributed by atoms with Crippen molar-refractivity contribution in [3.05, 3.63) is 0 Å². The maximum absolute atomic E-state index is 11.9. The Labute approximate surface area is 75.1 Å². The van der Waals surface area contributed by atoms with Crippen molar-refractivity contribution in [1.82, 2.24) is 0 Å². The van der Waals surface area contributed by atoms with Crippen LogP contribution in [0, 0.1) is 0 Å². The van der Waals surface area contributed by atoms with Crippen LogP contribution in [0.4, 0.5) is 26.3 Å². The highest BCUT2D eigenvalue weighted by Crippen LogP contribution is 2.45. The van der Waals surface area contributed by atoms with E-state index in [1.807, 2.05) is 0 Å². The molecule has 2 nitrogen and oxygen atoms in total. The van der Waals surface area contributed by atoms with Crippen LogP contribution in [0.1, 0.15) is 12.8 Å². The molecule has 0 bridgehead atoms. The number of hydrogen-bond donors (Lipinski definition) is 2. The maximum atomic E-state index is 11.9. The van der Waals surface area contributed by atoms with Gasteiger partial charge in [-0.2, -0.15) is 26.3 Å². The van der Waals surface area contributed by atoms with Crippen LogP contribution in [-0.2, 0) is 0 Å². The van der Waals surface area contributed by atoms with Gasteiger partial charge in [-0.1, -0.05) is 0 Å². The fourth-order valence-corrected chi connectivity index (χ4v) is 0.779. The van der Waals surface area contributed by atoms with E-state index in [2.05, 4.69) is 0 Å². The van der Waals surface area contributed by atoms with Gasteiger partial charge in [0.2, 0.25) is 0 Å². The summed E-state index contributed by atoms with van der Waals surface area (Å²) >= 11 is 0. The lowest BCUT2D eigenvalue weighted by atomic mass is 9.96. The Balaban J connectivity index is 4.87. The molecule has 0 spiro atoms. The Morgan fingerprint density at radius 1 is 0.857 bits per heavy atom. The van der Waals surface area contributed by atoms with Gasteiger partial charge in [-0.05, 0) is 12.8 Å². The lowest BCUT2D eigenvalue weighted by Crippen LogP contribution is -2.56. The molecule has 86 valence electrons. The number of alkyl halides is 6. The molecule has 0 aromatic carbocycles. The van der Waals surface area contributed by atoms with Crippen molar-refractivity contribution in [2.75, 3.05) is 6.61 Å². The van der Waals surface area contributed by atoms with Crippen LogP contribution in [0.25, 0.3) is 0 Å². The number of hydrogen-bond acceptors (Lipinski definition) is 2. The normalized spacial score (nSPS) is 14.6. The van der Waals surface area contributed by atoms with Crippen LogP contribution in [-0.4, -0.2) is 34.8 Å². The standard InChI is InChI=1S/C6H8F6O2/c7-5(8,9)4(14,2-1-3-13)6(10,11)12/h13-14H,1-3H2. The van der Waals surface area contributed by atoms with Crippen LogP contribution >= 0.6 is 0 Å². The van der Waals surface area contributed by atoms with Gasteiger partial charge < -0.3 is 10.2 Å². The Morgan fingerprint density at radius 3 is 1.43 bits per heavy atom. The Kier molecular flexibility index (Phi) is 3.79. The van der Waals surface area contributed by atoms with E-state index in [0.717, 1.165) is 0 Å². The SMILES string of the molecule is OCCCC(O)(C(F)(F)F)C(F)(F)F. The van der Waals surface area contributed by atoms with Gasteiger partial charge in [0, 0.05) is 6.61 Å². The predicted octanol–water partition coefficient (Wildman–Crippen LogP) is 1.61. The Morgan fingerprint density at radius 2 is 1.21 bits per heavy atom. The summed E-state index contributed by atoms with van der Waals surface area (Å²) in [4.78, 5) is 0. The first-order valence-electron chi connectivity index (χ1n) is 3.53. The number of rotatable bonds is 3. The molecule has 0 unspecified atom stereocenters. The summed E-state index contributed by atoms with van der Waals surface area (Å²) in [6, 6.07) is 0. The number of aliphatic hydroxyl groups is 2. The van der Waals surface area contributed by atoms with Crippen molar-refractivity contribution in [2.45, 2.75) is 30.8 Å². The highest BCUT2D eigenvalue weighted by atomic mass is 19.4. The molecule has 0 heterocycles. The Hall–Kier alpha value is -0.500. The fourth-order valence-electron chi connectivity index (χ4n) is 0.779. The van der Waals surface area contributed by atoms with E-state index >= 15 is 0 Å². The summed E-state index contributed by atoms with van der Waals surface area (Å²) in [7, 11) is 0. The van der Waals surface area contributed by atoms with Crippen molar-refractivity contribution in [3.63, 3.8) is 0 Å². The second kappa shape index (κ2) is 3.93. The summed E-state index contributed by atoms with van der Waals surface area (Å²) in [5.74, 6) is 0. The molecule has 0 aromatic heterocycles. The first kappa shape index (κ1) is 13.5. The van der Waals surface area contributed by atoms with Gasteiger partial charge in [0.25, 0.3) is 5.60 Å². The largest absolute Gasteiger partial charge is 0.426 e.